The highest BCUT2D eigenvalue weighted by Crippen LogP contribution is 2.23. The number of carbonyl (C=O) groups is 1. The van der Waals surface area contributed by atoms with Gasteiger partial charge in [-0.2, -0.15) is 0 Å². The first-order chi connectivity index (χ1) is 7.19. The molecule has 0 N–H and O–H groups in total. The Kier molecular flexibility index (Phi) is 4.62. The van der Waals surface area contributed by atoms with Gasteiger partial charge in [0, 0.05) is 4.47 Å². The predicted molar refractivity (Wildman–Crippen MR) is 61.3 cm³/mol. The summed E-state index contributed by atoms with van der Waals surface area (Å²) in [5.41, 5.74) is 0.478. The van der Waals surface area contributed by atoms with Crippen LogP contribution in [0.4, 0.5) is 0 Å². The van der Waals surface area contributed by atoms with Crippen molar-refractivity contribution in [3.8, 4) is 5.75 Å². The predicted octanol–water partition coefficient (Wildman–Crippen LogP) is 3.02. The standard InChI is InChI=1S/C11H13BrO3/c1-3-6-15-8-4-5-10(12)9(7-8)11(13)14-2/h4-5,7H,3,6H2,1-2H3. The summed E-state index contributed by atoms with van der Waals surface area (Å²) in [5.74, 6) is 0.310. The Labute approximate surface area is 97.5 Å². The van der Waals surface area contributed by atoms with E-state index in [1.54, 1.807) is 12.1 Å². The molecule has 0 radical (unpaired) electrons. The van der Waals surface area contributed by atoms with Gasteiger partial charge in [-0.1, -0.05) is 6.92 Å². The molecule has 1 aromatic carbocycles. The van der Waals surface area contributed by atoms with Crippen molar-refractivity contribution in [2.24, 2.45) is 0 Å². The van der Waals surface area contributed by atoms with Gasteiger partial charge in [0.25, 0.3) is 0 Å². The van der Waals surface area contributed by atoms with Crippen molar-refractivity contribution in [2.75, 3.05) is 13.7 Å². The lowest BCUT2D eigenvalue weighted by atomic mass is 10.2. The molecule has 0 heterocycles. The average Bonchev–Trinajstić information content (AvgIpc) is 2.27. The van der Waals surface area contributed by atoms with E-state index in [0.717, 1.165) is 6.42 Å². The maximum atomic E-state index is 11.4. The number of halogens is 1. The van der Waals surface area contributed by atoms with Gasteiger partial charge in [0.2, 0.25) is 0 Å². The molecule has 0 aliphatic rings. The molecular formula is C11H13BrO3. The molecule has 0 fully saturated rings. The lowest BCUT2D eigenvalue weighted by Crippen LogP contribution is -2.03. The van der Waals surface area contributed by atoms with Gasteiger partial charge in [-0.15, -0.1) is 0 Å². The van der Waals surface area contributed by atoms with Crippen LogP contribution in [0.3, 0.4) is 0 Å². The van der Waals surface area contributed by atoms with Crippen molar-refractivity contribution < 1.29 is 14.3 Å². The van der Waals surface area contributed by atoms with Gasteiger partial charge in [0.1, 0.15) is 5.75 Å². The Hall–Kier alpha value is -1.03. The summed E-state index contributed by atoms with van der Waals surface area (Å²) < 4.78 is 10.8. The van der Waals surface area contributed by atoms with Gasteiger partial charge in [0.05, 0.1) is 19.3 Å². The smallest absolute Gasteiger partial charge is 0.339 e. The normalized spacial score (nSPS) is 9.80. The van der Waals surface area contributed by atoms with E-state index in [1.165, 1.54) is 7.11 Å². The minimum absolute atomic E-state index is 0.371. The molecule has 0 saturated heterocycles. The van der Waals surface area contributed by atoms with Gasteiger partial charge in [-0.05, 0) is 40.5 Å². The monoisotopic (exact) mass is 272 g/mol. The number of ether oxygens (including phenoxy) is 2. The second-order valence-corrected chi connectivity index (χ2v) is 3.84. The van der Waals surface area contributed by atoms with Crippen molar-refractivity contribution in [1.82, 2.24) is 0 Å². The first kappa shape index (κ1) is 12.0. The molecule has 0 spiro atoms. The SMILES string of the molecule is CCCOc1ccc(Br)c(C(=O)OC)c1. The zero-order valence-corrected chi connectivity index (χ0v) is 10.3. The molecular weight excluding hydrogens is 260 g/mol. The Morgan fingerprint density at radius 3 is 2.80 bits per heavy atom. The second kappa shape index (κ2) is 5.75. The number of methoxy groups -OCH3 is 1. The molecule has 0 unspecified atom stereocenters. The van der Waals surface area contributed by atoms with E-state index in [9.17, 15) is 4.79 Å². The number of rotatable bonds is 4. The Morgan fingerprint density at radius 1 is 1.47 bits per heavy atom. The summed E-state index contributed by atoms with van der Waals surface area (Å²) in [6.45, 7) is 2.67. The molecule has 15 heavy (non-hydrogen) atoms. The third kappa shape index (κ3) is 3.23. The summed E-state index contributed by atoms with van der Waals surface area (Å²) in [4.78, 5) is 11.4. The Morgan fingerprint density at radius 2 is 2.20 bits per heavy atom. The Bertz CT molecular complexity index is 350. The van der Waals surface area contributed by atoms with Crippen molar-refractivity contribution in [2.45, 2.75) is 13.3 Å². The highest BCUT2D eigenvalue weighted by atomic mass is 79.9. The molecule has 3 nitrogen and oxygen atoms in total. The van der Waals surface area contributed by atoms with Crippen LogP contribution in [0, 0.1) is 0 Å². The van der Waals surface area contributed by atoms with Crippen LogP contribution in [0.5, 0.6) is 5.75 Å². The van der Waals surface area contributed by atoms with E-state index in [-0.39, 0.29) is 5.97 Å². The van der Waals surface area contributed by atoms with Crippen molar-refractivity contribution >= 4 is 21.9 Å². The molecule has 0 aliphatic heterocycles. The molecule has 1 rings (SSSR count). The fourth-order valence-corrected chi connectivity index (χ4v) is 1.49. The minimum atomic E-state index is -0.371. The van der Waals surface area contributed by atoms with Gasteiger partial charge < -0.3 is 9.47 Å². The van der Waals surface area contributed by atoms with Crippen LogP contribution in [0.15, 0.2) is 22.7 Å². The number of benzene rings is 1. The topological polar surface area (TPSA) is 35.5 Å². The van der Waals surface area contributed by atoms with E-state index in [2.05, 4.69) is 20.7 Å². The van der Waals surface area contributed by atoms with Crippen LogP contribution >= 0.6 is 15.9 Å². The van der Waals surface area contributed by atoms with E-state index in [0.29, 0.717) is 22.4 Å². The van der Waals surface area contributed by atoms with Crippen LogP contribution < -0.4 is 4.74 Å². The van der Waals surface area contributed by atoms with E-state index in [4.69, 9.17) is 4.74 Å². The quantitative estimate of drug-likeness (QED) is 0.791. The highest BCUT2D eigenvalue weighted by molar-refractivity contribution is 9.10. The summed E-state index contributed by atoms with van der Waals surface area (Å²) in [6.07, 6.45) is 0.934. The molecule has 1 aromatic rings. The lowest BCUT2D eigenvalue weighted by molar-refractivity contribution is 0.0599. The summed E-state index contributed by atoms with van der Waals surface area (Å²) in [7, 11) is 1.36. The third-order valence-electron chi connectivity index (χ3n) is 1.82. The second-order valence-electron chi connectivity index (χ2n) is 2.98. The number of hydrogen-bond donors (Lipinski definition) is 0. The zero-order valence-electron chi connectivity index (χ0n) is 8.75. The molecule has 0 saturated carbocycles. The van der Waals surface area contributed by atoms with Crippen molar-refractivity contribution in [3.05, 3.63) is 28.2 Å². The summed E-state index contributed by atoms with van der Waals surface area (Å²) >= 11 is 3.28. The maximum absolute atomic E-state index is 11.4. The van der Waals surface area contributed by atoms with E-state index < -0.39 is 0 Å². The fourth-order valence-electron chi connectivity index (χ4n) is 1.08. The van der Waals surface area contributed by atoms with Crippen LogP contribution in [-0.4, -0.2) is 19.7 Å². The molecule has 0 bridgehead atoms. The lowest BCUT2D eigenvalue weighted by Gasteiger charge is -2.07. The van der Waals surface area contributed by atoms with Crippen molar-refractivity contribution in [3.63, 3.8) is 0 Å². The molecule has 0 aliphatic carbocycles. The zero-order chi connectivity index (χ0) is 11.3. The summed E-state index contributed by atoms with van der Waals surface area (Å²) in [5, 5.41) is 0. The number of hydrogen-bond acceptors (Lipinski definition) is 3. The van der Waals surface area contributed by atoms with Gasteiger partial charge in [-0.3, -0.25) is 0 Å². The van der Waals surface area contributed by atoms with E-state index in [1.807, 2.05) is 13.0 Å². The molecule has 0 aromatic heterocycles. The third-order valence-corrected chi connectivity index (χ3v) is 2.51. The van der Waals surface area contributed by atoms with Gasteiger partial charge in [0.15, 0.2) is 0 Å². The van der Waals surface area contributed by atoms with E-state index >= 15 is 0 Å². The van der Waals surface area contributed by atoms with Crippen LogP contribution in [0.1, 0.15) is 23.7 Å². The molecule has 0 amide bonds. The largest absolute Gasteiger partial charge is 0.494 e. The molecule has 0 atom stereocenters. The molecule has 4 heteroatoms. The average molecular weight is 273 g/mol. The van der Waals surface area contributed by atoms with Crippen molar-refractivity contribution in [1.29, 1.82) is 0 Å². The Balaban J connectivity index is 2.89. The van der Waals surface area contributed by atoms with Gasteiger partial charge >= 0.3 is 5.97 Å². The first-order valence-electron chi connectivity index (χ1n) is 4.69. The highest BCUT2D eigenvalue weighted by Gasteiger charge is 2.11. The maximum Gasteiger partial charge on any atom is 0.339 e. The fraction of sp³-hybridized carbons (Fsp3) is 0.364. The van der Waals surface area contributed by atoms with Crippen LogP contribution in [0.2, 0.25) is 0 Å². The first-order valence-corrected chi connectivity index (χ1v) is 5.49. The number of carbonyl (C=O) groups excluding carboxylic acids is 1. The van der Waals surface area contributed by atoms with Crippen LogP contribution in [0.25, 0.3) is 0 Å². The minimum Gasteiger partial charge on any atom is -0.494 e. The number of esters is 1. The van der Waals surface area contributed by atoms with Gasteiger partial charge in [-0.25, -0.2) is 4.79 Å². The van der Waals surface area contributed by atoms with Crippen LogP contribution in [-0.2, 0) is 4.74 Å². The summed E-state index contributed by atoms with van der Waals surface area (Å²) in [6, 6.07) is 5.26. The molecule has 82 valence electrons.